The minimum Gasteiger partial charge on any atom is -0.328 e. The first-order valence-electron chi connectivity index (χ1n) is 3.96. The average Bonchev–Trinajstić information content (AvgIpc) is 1.95. The van der Waals surface area contributed by atoms with E-state index in [0.717, 1.165) is 0 Å². The average molecular weight is 160 g/mol. The van der Waals surface area contributed by atoms with Crippen molar-refractivity contribution in [3.05, 3.63) is 0 Å². The molecule has 0 radical (unpaired) electrons. The van der Waals surface area contributed by atoms with Gasteiger partial charge in [0.15, 0.2) is 0 Å². The SMILES string of the molecule is CCSN1CCC(N)CC1. The fraction of sp³-hybridized carbons (Fsp3) is 1.00. The van der Waals surface area contributed by atoms with E-state index in [9.17, 15) is 0 Å². The van der Waals surface area contributed by atoms with Gasteiger partial charge < -0.3 is 5.73 Å². The monoisotopic (exact) mass is 160 g/mol. The van der Waals surface area contributed by atoms with Gasteiger partial charge in [-0.15, -0.1) is 0 Å². The number of hydrogen-bond donors (Lipinski definition) is 1. The van der Waals surface area contributed by atoms with E-state index in [-0.39, 0.29) is 0 Å². The molecule has 0 saturated carbocycles. The van der Waals surface area contributed by atoms with E-state index in [4.69, 9.17) is 5.73 Å². The van der Waals surface area contributed by atoms with Gasteiger partial charge in [-0.1, -0.05) is 18.9 Å². The van der Waals surface area contributed by atoms with E-state index in [2.05, 4.69) is 11.2 Å². The molecule has 1 saturated heterocycles. The Bertz CT molecular complexity index is 89.6. The summed E-state index contributed by atoms with van der Waals surface area (Å²) in [5.41, 5.74) is 5.76. The second-order valence-electron chi connectivity index (χ2n) is 2.68. The highest BCUT2D eigenvalue weighted by molar-refractivity contribution is 7.96. The van der Waals surface area contributed by atoms with Crippen LogP contribution in [0.3, 0.4) is 0 Å². The number of rotatable bonds is 2. The Labute approximate surface area is 67.3 Å². The van der Waals surface area contributed by atoms with E-state index in [1.54, 1.807) is 0 Å². The van der Waals surface area contributed by atoms with Gasteiger partial charge in [0.05, 0.1) is 0 Å². The third-order valence-corrected chi connectivity index (χ3v) is 2.80. The quantitative estimate of drug-likeness (QED) is 0.613. The zero-order valence-corrected chi connectivity index (χ0v) is 7.36. The highest BCUT2D eigenvalue weighted by Crippen LogP contribution is 2.16. The summed E-state index contributed by atoms with van der Waals surface area (Å²) in [6.07, 6.45) is 2.35. The molecule has 1 heterocycles. The zero-order chi connectivity index (χ0) is 7.40. The maximum absolute atomic E-state index is 5.76. The topological polar surface area (TPSA) is 29.3 Å². The van der Waals surface area contributed by atoms with Crippen LogP contribution in [-0.4, -0.2) is 29.2 Å². The van der Waals surface area contributed by atoms with E-state index >= 15 is 0 Å². The van der Waals surface area contributed by atoms with E-state index in [1.807, 2.05) is 11.9 Å². The Balaban J connectivity index is 2.13. The minimum absolute atomic E-state index is 0.466. The minimum atomic E-state index is 0.466. The van der Waals surface area contributed by atoms with Crippen LogP contribution in [0.15, 0.2) is 0 Å². The predicted octanol–water partition coefficient (Wildman–Crippen LogP) is 1.08. The van der Waals surface area contributed by atoms with Crippen LogP contribution < -0.4 is 5.73 Å². The lowest BCUT2D eigenvalue weighted by molar-refractivity contribution is 0.346. The maximum Gasteiger partial charge on any atom is 0.0104 e. The third kappa shape index (κ3) is 2.48. The van der Waals surface area contributed by atoms with Gasteiger partial charge in [-0.25, -0.2) is 0 Å². The van der Waals surface area contributed by atoms with Crippen molar-refractivity contribution in [3.8, 4) is 0 Å². The molecule has 2 N–H and O–H groups in total. The summed E-state index contributed by atoms with van der Waals surface area (Å²) in [4.78, 5) is 0. The van der Waals surface area contributed by atoms with Gasteiger partial charge in [0.2, 0.25) is 0 Å². The summed E-state index contributed by atoms with van der Waals surface area (Å²) in [7, 11) is 0. The largest absolute Gasteiger partial charge is 0.328 e. The maximum atomic E-state index is 5.76. The van der Waals surface area contributed by atoms with Crippen molar-refractivity contribution >= 4 is 11.9 Å². The summed E-state index contributed by atoms with van der Waals surface area (Å²) in [6.45, 7) is 4.55. The molecule has 3 heteroatoms. The zero-order valence-electron chi connectivity index (χ0n) is 6.55. The third-order valence-electron chi connectivity index (χ3n) is 1.81. The standard InChI is InChI=1S/C7H16N2S/c1-2-10-9-5-3-7(8)4-6-9/h7H,2-6,8H2,1H3. The fourth-order valence-corrected chi connectivity index (χ4v) is 2.02. The first kappa shape index (κ1) is 8.37. The highest BCUT2D eigenvalue weighted by Gasteiger charge is 2.14. The van der Waals surface area contributed by atoms with Crippen LogP contribution >= 0.6 is 11.9 Å². The lowest BCUT2D eigenvalue weighted by Crippen LogP contribution is -2.36. The lowest BCUT2D eigenvalue weighted by atomic mass is 10.1. The van der Waals surface area contributed by atoms with Crippen molar-refractivity contribution in [2.75, 3.05) is 18.8 Å². The summed E-state index contributed by atoms with van der Waals surface area (Å²) in [5.74, 6) is 1.19. The molecule has 1 fully saturated rings. The molecule has 1 aliphatic heterocycles. The molecule has 1 aliphatic rings. The first-order chi connectivity index (χ1) is 4.83. The molecule has 0 amide bonds. The number of piperidine rings is 1. The molecule has 1 rings (SSSR count). The molecule has 0 spiro atoms. The van der Waals surface area contributed by atoms with Crippen LogP contribution in [0.1, 0.15) is 19.8 Å². The molecule has 0 unspecified atom stereocenters. The second kappa shape index (κ2) is 4.21. The smallest absolute Gasteiger partial charge is 0.0104 e. The van der Waals surface area contributed by atoms with Crippen LogP contribution in [0, 0.1) is 0 Å². The number of nitrogens with zero attached hydrogens (tertiary/aromatic N) is 1. The van der Waals surface area contributed by atoms with Gasteiger partial charge in [-0.2, -0.15) is 0 Å². The van der Waals surface area contributed by atoms with Crippen LogP contribution in [0.25, 0.3) is 0 Å². The van der Waals surface area contributed by atoms with Crippen molar-refractivity contribution in [1.29, 1.82) is 0 Å². The molecule has 10 heavy (non-hydrogen) atoms. The molecule has 0 aromatic carbocycles. The van der Waals surface area contributed by atoms with Gasteiger partial charge >= 0.3 is 0 Å². The van der Waals surface area contributed by atoms with Gasteiger partial charge in [0, 0.05) is 24.9 Å². The predicted molar refractivity (Wildman–Crippen MR) is 46.9 cm³/mol. The number of nitrogens with two attached hydrogens (primary N) is 1. The molecule has 0 atom stereocenters. The van der Waals surface area contributed by atoms with Crippen molar-refractivity contribution in [3.63, 3.8) is 0 Å². The summed E-state index contributed by atoms with van der Waals surface area (Å²) < 4.78 is 2.42. The Morgan fingerprint density at radius 3 is 2.60 bits per heavy atom. The van der Waals surface area contributed by atoms with Crippen LogP contribution in [0.4, 0.5) is 0 Å². The molecule has 0 aliphatic carbocycles. The highest BCUT2D eigenvalue weighted by atomic mass is 32.2. The van der Waals surface area contributed by atoms with Gasteiger partial charge in [0.25, 0.3) is 0 Å². The van der Waals surface area contributed by atoms with E-state index < -0.39 is 0 Å². The van der Waals surface area contributed by atoms with Crippen molar-refractivity contribution in [2.24, 2.45) is 5.73 Å². The first-order valence-corrected chi connectivity index (χ1v) is 4.90. The van der Waals surface area contributed by atoms with Gasteiger partial charge in [-0.05, 0) is 12.8 Å². The van der Waals surface area contributed by atoms with Crippen LogP contribution in [0.5, 0.6) is 0 Å². The second-order valence-corrected chi connectivity index (χ2v) is 4.04. The van der Waals surface area contributed by atoms with Crippen LogP contribution in [0.2, 0.25) is 0 Å². The Hall–Kier alpha value is 0.270. The summed E-state index contributed by atoms with van der Waals surface area (Å²) in [5, 5.41) is 0. The molecule has 0 aromatic rings. The molecular weight excluding hydrogens is 144 g/mol. The van der Waals surface area contributed by atoms with Crippen molar-refractivity contribution < 1.29 is 0 Å². The lowest BCUT2D eigenvalue weighted by Gasteiger charge is -2.28. The molecule has 0 bridgehead atoms. The summed E-state index contributed by atoms with van der Waals surface area (Å²) >= 11 is 1.93. The van der Waals surface area contributed by atoms with Crippen LogP contribution in [-0.2, 0) is 0 Å². The number of hydrogen-bond acceptors (Lipinski definition) is 3. The van der Waals surface area contributed by atoms with Crippen molar-refractivity contribution in [2.45, 2.75) is 25.8 Å². The normalized spacial score (nSPS) is 23.4. The Kier molecular flexibility index (Phi) is 3.52. The fourth-order valence-electron chi connectivity index (χ4n) is 1.19. The summed E-state index contributed by atoms with van der Waals surface area (Å²) in [6, 6.07) is 0.466. The van der Waals surface area contributed by atoms with Gasteiger partial charge in [-0.3, -0.25) is 4.31 Å². The van der Waals surface area contributed by atoms with Gasteiger partial charge in [0.1, 0.15) is 0 Å². The van der Waals surface area contributed by atoms with Crippen molar-refractivity contribution in [1.82, 2.24) is 4.31 Å². The van der Waals surface area contributed by atoms with E-state index in [1.165, 1.54) is 31.7 Å². The molecule has 2 nitrogen and oxygen atoms in total. The molecule has 60 valence electrons. The molecule has 0 aromatic heterocycles. The molecular formula is C7H16N2S. The van der Waals surface area contributed by atoms with E-state index in [0.29, 0.717) is 6.04 Å². The Morgan fingerprint density at radius 2 is 2.10 bits per heavy atom. The Morgan fingerprint density at radius 1 is 1.50 bits per heavy atom.